The zero-order chi connectivity index (χ0) is 18.5. The number of nitrogens with one attached hydrogen (secondary N) is 2. The van der Waals surface area contributed by atoms with Gasteiger partial charge in [-0.25, -0.2) is 4.98 Å². The zero-order valence-corrected chi connectivity index (χ0v) is 15.6. The zero-order valence-electron chi connectivity index (χ0n) is 13.9. The number of hydrazine groups is 1. The fourth-order valence-corrected chi connectivity index (χ4v) is 3.60. The van der Waals surface area contributed by atoms with Crippen LogP contribution < -0.4 is 20.3 Å². The molecule has 0 unspecified atom stereocenters. The molecular formula is C17H15N3O4S2. The van der Waals surface area contributed by atoms with Crippen molar-refractivity contribution in [3.63, 3.8) is 0 Å². The first-order valence-corrected chi connectivity index (χ1v) is 9.25. The molecule has 26 heavy (non-hydrogen) atoms. The Bertz CT molecular complexity index is 900. The Labute approximate surface area is 157 Å². The second-order valence-corrected chi connectivity index (χ2v) is 6.70. The molecule has 7 nitrogen and oxygen atoms in total. The van der Waals surface area contributed by atoms with E-state index in [0.29, 0.717) is 17.1 Å². The van der Waals surface area contributed by atoms with Gasteiger partial charge in [-0.3, -0.25) is 20.4 Å². The molecule has 134 valence electrons. The number of thiophene rings is 1. The number of hydrogen-bond acceptors (Lipinski definition) is 7. The smallest absolute Gasteiger partial charge is 0.289 e. The summed E-state index contributed by atoms with van der Waals surface area (Å²) >= 11 is 2.92. The molecule has 2 heterocycles. The highest BCUT2D eigenvalue weighted by Gasteiger charge is 2.14. The minimum atomic E-state index is -0.496. The lowest BCUT2D eigenvalue weighted by Crippen LogP contribution is -2.41. The molecule has 0 aliphatic carbocycles. The second kappa shape index (κ2) is 7.98. The summed E-state index contributed by atoms with van der Waals surface area (Å²) in [6.07, 6.45) is 0. The number of methoxy groups -OCH3 is 2. The Hall–Kier alpha value is -2.91. The van der Waals surface area contributed by atoms with Gasteiger partial charge < -0.3 is 9.47 Å². The number of amides is 2. The number of thiazole rings is 1. The fraction of sp³-hybridized carbons (Fsp3) is 0.118. The van der Waals surface area contributed by atoms with Crippen molar-refractivity contribution in [1.29, 1.82) is 0 Å². The van der Waals surface area contributed by atoms with Crippen LogP contribution in [0.3, 0.4) is 0 Å². The van der Waals surface area contributed by atoms with Crippen molar-refractivity contribution < 1.29 is 19.1 Å². The Morgan fingerprint density at radius 3 is 2.31 bits per heavy atom. The molecule has 0 bridgehead atoms. The molecule has 0 saturated carbocycles. The van der Waals surface area contributed by atoms with E-state index in [9.17, 15) is 9.59 Å². The largest absolute Gasteiger partial charge is 0.497 e. The van der Waals surface area contributed by atoms with Crippen molar-refractivity contribution >= 4 is 34.5 Å². The average Bonchev–Trinajstić information content (AvgIpc) is 3.36. The van der Waals surface area contributed by atoms with E-state index < -0.39 is 11.8 Å². The number of benzene rings is 1. The summed E-state index contributed by atoms with van der Waals surface area (Å²) < 4.78 is 10.3. The molecule has 0 aliphatic heterocycles. The average molecular weight is 389 g/mol. The Balaban J connectivity index is 1.65. The number of ether oxygens (including phenoxy) is 2. The molecule has 1 aromatic carbocycles. The molecule has 0 aliphatic rings. The molecule has 3 aromatic rings. The number of nitrogens with zero attached hydrogens (tertiary/aromatic N) is 1. The third kappa shape index (κ3) is 4.01. The van der Waals surface area contributed by atoms with Crippen LogP contribution in [0.2, 0.25) is 0 Å². The van der Waals surface area contributed by atoms with Gasteiger partial charge in [0.2, 0.25) is 0 Å². The standard InChI is InChI=1S/C17H15N3O4S2/c1-23-12-5-11(6-13(7-12)24-2)15(21)19-20-16(22)14-9-26-17(18-14)10-3-4-25-8-10/h3-9H,1-2H3,(H,19,21)(H,20,22). The number of aromatic nitrogens is 1. The van der Waals surface area contributed by atoms with Crippen molar-refractivity contribution in [2.24, 2.45) is 0 Å². The monoisotopic (exact) mass is 389 g/mol. The molecule has 0 spiro atoms. The van der Waals surface area contributed by atoms with Crippen LogP contribution in [0.5, 0.6) is 11.5 Å². The van der Waals surface area contributed by atoms with Gasteiger partial charge >= 0.3 is 0 Å². The van der Waals surface area contributed by atoms with E-state index in [-0.39, 0.29) is 5.69 Å². The molecule has 2 amide bonds. The minimum absolute atomic E-state index is 0.236. The summed E-state index contributed by atoms with van der Waals surface area (Å²) in [5.41, 5.74) is 6.21. The predicted molar refractivity (Wildman–Crippen MR) is 99.9 cm³/mol. The highest BCUT2D eigenvalue weighted by atomic mass is 32.1. The van der Waals surface area contributed by atoms with Crippen molar-refractivity contribution in [3.05, 3.63) is 51.7 Å². The molecule has 0 atom stereocenters. The van der Waals surface area contributed by atoms with Crippen LogP contribution >= 0.6 is 22.7 Å². The van der Waals surface area contributed by atoms with Crippen molar-refractivity contribution in [2.45, 2.75) is 0 Å². The van der Waals surface area contributed by atoms with Crippen LogP contribution in [0.25, 0.3) is 10.6 Å². The van der Waals surface area contributed by atoms with E-state index in [1.165, 1.54) is 25.6 Å². The highest BCUT2D eigenvalue weighted by molar-refractivity contribution is 7.14. The lowest BCUT2D eigenvalue weighted by atomic mass is 10.2. The third-order valence-electron chi connectivity index (χ3n) is 3.41. The quantitative estimate of drug-likeness (QED) is 0.655. The van der Waals surface area contributed by atoms with Gasteiger partial charge in [0.1, 0.15) is 22.2 Å². The van der Waals surface area contributed by atoms with Gasteiger partial charge in [-0.05, 0) is 23.6 Å². The molecule has 0 fully saturated rings. The van der Waals surface area contributed by atoms with Gasteiger partial charge in [-0.1, -0.05) is 0 Å². The SMILES string of the molecule is COc1cc(OC)cc(C(=O)NNC(=O)c2csc(-c3ccsc3)n2)c1. The van der Waals surface area contributed by atoms with Crippen molar-refractivity contribution in [2.75, 3.05) is 14.2 Å². The van der Waals surface area contributed by atoms with Gasteiger partial charge in [0.15, 0.2) is 0 Å². The summed E-state index contributed by atoms with van der Waals surface area (Å²) in [5, 5.41) is 6.29. The number of carbonyl (C=O) groups is 2. The Morgan fingerprint density at radius 2 is 1.69 bits per heavy atom. The second-order valence-electron chi connectivity index (χ2n) is 5.06. The minimum Gasteiger partial charge on any atom is -0.497 e. The summed E-state index contributed by atoms with van der Waals surface area (Å²) in [4.78, 5) is 28.7. The van der Waals surface area contributed by atoms with E-state index in [0.717, 1.165) is 10.6 Å². The molecule has 9 heteroatoms. The van der Waals surface area contributed by atoms with Crippen LogP contribution in [-0.4, -0.2) is 31.0 Å². The van der Waals surface area contributed by atoms with E-state index in [2.05, 4.69) is 15.8 Å². The first-order valence-electron chi connectivity index (χ1n) is 7.42. The maximum absolute atomic E-state index is 12.3. The molecule has 2 aromatic heterocycles. The van der Waals surface area contributed by atoms with Crippen molar-refractivity contribution in [3.8, 4) is 22.1 Å². The molecular weight excluding hydrogens is 374 g/mol. The van der Waals surface area contributed by atoms with E-state index in [1.54, 1.807) is 34.9 Å². The molecule has 3 rings (SSSR count). The van der Waals surface area contributed by atoms with Crippen LogP contribution in [-0.2, 0) is 0 Å². The van der Waals surface area contributed by atoms with Gasteiger partial charge in [0.25, 0.3) is 11.8 Å². The molecule has 0 radical (unpaired) electrons. The van der Waals surface area contributed by atoms with Crippen LogP contribution in [0.15, 0.2) is 40.4 Å². The van der Waals surface area contributed by atoms with Crippen LogP contribution in [0.4, 0.5) is 0 Å². The van der Waals surface area contributed by atoms with Gasteiger partial charge in [-0.2, -0.15) is 11.3 Å². The van der Waals surface area contributed by atoms with Crippen molar-refractivity contribution in [1.82, 2.24) is 15.8 Å². The van der Waals surface area contributed by atoms with Gasteiger partial charge in [-0.15, -0.1) is 11.3 Å². The number of hydrogen-bond donors (Lipinski definition) is 2. The first-order chi connectivity index (χ1) is 12.6. The summed E-state index contributed by atoms with van der Waals surface area (Å²) in [6, 6.07) is 6.67. The maximum Gasteiger partial charge on any atom is 0.289 e. The highest BCUT2D eigenvalue weighted by Crippen LogP contribution is 2.25. The van der Waals surface area contributed by atoms with E-state index >= 15 is 0 Å². The van der Waals surface area contributed by atoms with Gasteiger partial charge in [0.05, 0.1) is 14.2 Å². The normalized spacial score (nSPS) is 10.2. The Morgan fingerprint density at radius 1 is 1.00 bits per heavy atom. The summed E-state index contributed by atoms with van der Waals surface area (Å²) in [5.74, 6) is -0.0451. The molecule has 2 N–H and O–H groups in total. The van der Waals surface area contributed by atoms with E-state index in [1.807, 2.05) is 16.8 Å². The van der Waals surface area contributed by atoms with Crippen LogP contribution in [0.1, 0.15) is 20.8 Å². The summed E-state index contributed by atoms with van der Waals surface area (Å²) in [6.45, 7) is 0. The predicted octanol–water partition coefficient (Wildman–Crippen LogP) is 2.96. The topological polar surface area (TPSA) is 89.5 Å². The lowest BCUT2D eigenvalue weighted by Gasteiger charge is -2.09. The van der Waals surface area contributed by atoms with E-state index in [4.69, 9.17) is 9.47 Å². The third-order valence-corrected chi connectivity index (χ3v) is 4.98. The number of rotatable bonds is 5. The summed E-state index contributed by atoms with van der Waals surface area (Å²) in [7, 11) is 2.98. The molecule has 0 saturated heterocycles. The van der Waals surface area contributed by atoms with Crippen LogP contribution in [0, 0.1) is 0 Å². The Kier molecular flexibility index (Phi) is 5.49. The fourth-order valence-electron chi connectivity index (χ4n) is 2.09. The van der Waals surface area contributed by atoms with Gasteiger partial charge in [0, 0.05) is 28.0 Å². The number of carbonyl (C=O) groups excluding carboxylic acids is 2. The maximum atomic E-state index is 12.3. The first kappa shape index (κ1) is 17.9. The lowest BCUT2D eigenvalue weighted by molar-refractivity contribution is 0.0844.